The van der Waals surface area contributed by atoms with E-state index in [0.717, 1.165) is 5.56 Å². The van der Waals surface area contributed by atoms with Crippen LogP contribution >= 0.6 is 0 Å². The number of halogens is 3. The highest BCUT2D eigenvalue weighted by atomic mass is 19.4. The number of carbonyl (C=O) groups excluding carboxylic acids is 2. The van der Waals surface area contributed by atoms with Gasteiger partial charge in [0, 0.05) is 13.0 Å². The zero-order valence-corrected chi connectivity index (χ0v) is 13.8. The second-order valence-corrected chi connectivity index (χ2v) is 4.92. The summed E-state index contributed by atoms with van der Waals surface area (Å²) in [4.78, 5) is 32.2. The molecule has 0 spiro atoms. The van der Waals surface area contributed by atoms with Crippen LogP contribution in [0.15, 0.2) is 30.3 Å². The Morgan fingerprint density at radius 2 is 1.73 bits per heavy atom. The van der Waals surface area contributed by atoms with Gasteiger partial charge in [-0.05, 0) is 5.56 Å². The van der Waals surface area contributed by atoms with Crippen LogP contribution < -0.4 is 16.8 Å². The molecule has 8 nitrogen and oxygen atoms in total. The maximum Gasteiger partial charge on any atom is 0.490 e. The molecule has 0 saturated heterocycles. The molecule has 0 radical (unpaired) electrons. The van der Waals surface area contributed by atoms with Crippen LogP contribution in [0.5, 0.6) is 0 Å². The molecule has 1 rings (SSSR count). The average molecular weight is 379 g/mol. The minimum absolute atomic E-state index is 0.0189. The molecule has 0 bridgehead atoms. The van der Waals surface area contributed by atoms with Gasteiger partial charge in [-0.15, -0.1) is 0 Å². The summed E-state index contributed by atoms with van der Waals surface area (Å²) in [6, 6.07) is 7.73. The van der Waals surface area contributed by atoms with Crippen LogP contribution in [0.4, 0.5) is 13.2 Å². The van der Waals surface area contributed by atoms with Crippen LogP contribution in [0.3, 0.4) is 0 Å². The molecule has 0 heterocycles. The third-order valence-electron chi connectivity index (χ3n) is 2.92. The Balaban J connectivity index is 0.000000758. The van der Waals surface area contributed by atoms with E-state index in [1.807, 2.05) is 30.3 Å². The number of methoxy groups -OCH3 is 1. The zero-order valence-electron chi connectivity index (χ0n) is 13.8. The first-order valence-corrected chi connectivity index (χ1v) is 7.20. The lowest BCUT2D eigenvalue weighted by molar-refractivity contribution is -0.192. The molecule has 0 unspecified atom stereocenters. The highest BCUT2D eigenvalue weighted by Crippen LogP contribution is 2.13. The molecule has 0 aliphatic carbocycles. The van der Waals surface area contributed by atoms with Gasteiger partial charge in [0.2, 0.25) is 5.91 Å². The Labute approximate surface area is 147 Å². The number of ether oxygens (including phenoxy) is 1. The van der Waals surface area contributed by atoms with Crippen molar-refractivity contribution in [2.45, 2.75) is 24.7 Å². The van der Waals surface area contributed by atoms with Gasteiger partial charge in [0.1, 0.15) is 6.04 Å². The quantitative estimate of drug-likeness (QED) is 0.501. The average Bonchev–Trinajstić information content (AvgIpc) is 2.60. The van der Waals surface area contributed by atoms with E-state index in [0.29, 0.717) is 6.42 Å². The van der Waals surface area contributed by atoms with Crippen molar-refractivity contribution in [2.75, 3.05) is 13.7 Å². The van der Waals surface area contributed by atoms with E-state index in [1.54, 1.807) is 0 Å². The van der Waals surface area contributed by atoms with Gasteiger partial charge in [-0.25, -0.2) is 9.59 Å². The van der Waals surface area contributed by atoms with Crippen molar-refractivity contribution in [1.29, 1.82) is 0 Å². The summed E-state index contributed by atoms with van der Waals surface area (Å²) in [6.45, 7) is 0.0189. The molecule has 0 aliphatic heterocycles. The molecule has 1 amide bonds. The molecule has 146 valence electrons. The van der Waals surface area contributed by atoms with E-state index in [-0.39, 0.29) is 6.54 Å². The number of alkyl halides is 3. The fourth-order valence-corrected chi connectivity index (χ4v) is 1.57. The van der Waals surface area contributed by atoms with Gasteiger partial charge in [0.15, 0.2) is 0 Å². The Bertz CT molecular complexity index is 596. The fourth-order valence-electron chi connectivity index (χ4n) is 1.57. The molecule has 0 aromatic heterocycles. The number of esters is 1. The second-order valence-electron chi connectivity index (χ2n) is 4.92. The second kappa shape index (κ2) is 11.1. The molecule has 1 aromatic carbocycles. The fraction of sp³-hybridized carbons (Fsp3) is 0.400. The summed E-state index contributed by atoms with van der Waals surface area (Å²) in [5.74, 6) is -3.73. The molecular formula is C15H20F3N3O5. The summed E-state index contributed by atoms with van der Waals surface area (Å²) in [7, 11) is 1.27. The molecule has 2 atom stereocenters. The number of nitrogens with one attached hydrogen (secondary N) is 1. The van der Waals surface area contributed by atoms with E-state index in [9.17, 15) is 22.8 Å². The van der Waals surface area contributed by atoms with Crippen molar-refractivity contribution in [3.63, 3.8) is 0 Å². The first kappa shape index (κ1) is 23.3. The Morgan fingerprint density at radius 3 is 2.12 bits per heavy atom. The number of carboxylic acids is 1. The normalized spacial score (nSPS) is 12.8. The van der Waals surface area contributed by atoms with Crippen LogP contribution in [0.25, 0.3) is 0 Å². The molecule has 6 N–H and O–H groups in total. The van der Waals surface area contributed by atoms with Crippen molar-refractivity contribution in [3.05, 3.63) is 35.9 Å². The van der Waals surface area contributed by atoms with Gasteiger partial charge in [-0.2, -0.15) is 13.2 Å². The molecular weight excluding hydrogens is 359 g/mol. The smallest absolute Gasteiger partial charge is 0.475 e. The molecule has 0 fully saturated rings. The van der Waals surface area contributed by atoms with Crippen LogP contribution in [-0.4, -0.2) is 54.9 Å². The van der Waals surface area contributed by atoms with Gasteiger partial charge in [-0.1, -0.05) is 30.3 Å². The minimum atomic E-state index is -5.08. The summed E-state index contributed by atoms with van der Waals surface area (Å²) in [6.07, 6.45) is -4.74. The Hall–Kier alpha value is -2.66. The summed E-state index contributed by atoms with van der Waals surface area (Å²) in [5.41, 5.74) is 11.7. The number of nitrogens with two attached hydrogens (primary N) is 2. The van der Waals surface area contributed by atoms with Crippen LogP contribution in [0, 0.1) is 0 Å². The zero-order chi connectivity index (χ0) is 20.3. The topological polar surface area (TPSA) is 145 Å². The minimum Gasteiger partial charge on any atom is -0.475 e. The Morgan fingerprint density at radius 1 is 1.23 bits per heavy atom. The number of hydrogen-bond acceptors (Lipinski definition) is 6. The molecule has 11 heteroatoms. The lowest BCUT2D eigenvalue weighted by Crippen LogP contribution is -2.52. The first-order valence-electron chi connectivity index (χ1n) is 7.20. The molecule has 0 aliphatic rings. The number of carboxylic acid groups (broad SMARTS) is 1. The number of rotatable bonds is 6. The van der Waals surface area contributed by atoms with E-state index in [2.05, 4.69) is 10.1 Å². The maximum absolute atomic E-state index is 11.7. The summed E-state index contributed by atoms with van der Waals surface area (Å²) >= 11 is 0. The van der Waals surface area contributed by atoms with Gasteiger partial charge in [-0.3, -0.25) is 4.79 Å². The predicted octanol–water partition coefficient (Wildman–Crippen LogP) is -0.194. The number of carbonyl (C=O) groups is 3. The standard InChI is InChI=1S/C13H19N3O3.C2HF3O2/c1-19-13(18)11(16-12(17)10(15)8-14)7-9-5-3-2-4-6-9;3-2(4,5)1(6)7/h2-6,10-11H,7-8,14-15H2,1H3,(H,16,17);(H,6,7)/t10-,11-;/m0./s1. The van der Waals surface area contributed by atoms with Gasteiger partial charge in [0.05, 0.1) is 13.2 Å². The molecule has 26 heavy (non-hydrogen) atoms. The molecule has 1 aromatic rings. The third-order valence-corrected chi connectivity index (χ3v) is 2.92. The summed E-state index contributed by atoms with van der Waals surface area (Å²) in [5, 5.41) is 9.67. The van der Waals surface area contributed by atoms with Crippen molar-refractivity contribution in [3.8, 4) is 0 Å². The number of hydrogen-bond donors (Lipinski definition) is 4. The maximum atomic E-state index is 11.7. The Kier molecular flexibility index (Phi) is 9.92. The first-order chi connectivity index (χ1) is 12.0. The van der Waals surface area contributed by atoms with Crippen molar-refractivity contribution in [2.24, 2.45) is 11.5 Å². The predicted molar refractivity (Wildman–Crippen MR) is 84.8 cm³/mol. The monoisotopic (exact) mass is 379 g/mol. The van der Waals surface area contributed by atoms with E-state index < -0.39 is 36.1 Å². The van der Waals surface area contributed by atoms with E-state index >= 15 is 0 Å². The van der Waals surface area contributed by atoms with Crippen LogP contribution in [0.1, 0.15) is 5.56 Å². The number of amides is 1. The van der Waals surface area contributed by atoms with Crippen molar-refractivity contribution >= 4 is 17.8 Å². The lowest BCUT2D eigenvalue weighted by Gasteiger charge is -2.18. The highest BCUT2D eigenvalue weighted by molar-refractivity contribution is 5.87. The lowest BCUT2D eigenvalue weighted by atomic mass is 10.1. The largest absolute Gasteiger partial charge is 0.490 e. The van der Waals surface area contributed by atoms with Crippen molar-refractivity contribution in [1.82, 2.24) is 5.32 Å². The van der Waals surface area contributed by atoms with E-state index in [1.165, 1.54) is 7.11 Å². The van der Waals surface area contributed by atoms with Crippen LogP contribution in [0.2, 0.25) is 0 Å². The number of benzene rings is 1. The van der Waals surface area contributed by atoms with Gasteiger partial charge >= 0.3 is 18.1 Å². The molecule has 0 saturated carbocycles. The number of aliphatic carboxylic acids is 1. The highest BCUT2D eigenvalue weighted by Gasteiger charge is 2.38. The van der Waals surface area contributed by atoms with Gasteiger partial charge < -0.3 is 26.6 Å². The van der Waals surface area contributed by atoms with Crippen LogP contribution in [-0.2, 0) is 25.5 Å². The van der Waals surface area contributed by atoms with E-state index in [4.69, 9.17) is 21.4 Å². The van der Waals surface area contributed by atoms with Crippen molar-refractivity contribution < 1.29 is 37.4 Å². The van der Waals surface area contributed by atoms with Gasteiger partial charge in [0.25, 0.3) is 0 Å². The summed E-state index contributed by atoms with van der Waals surface area (Å²) < 4.78 is 36.4. The third kappa shape index (κ3) is 8.99. The SMILES string of the molecule is COC(=O)[C@H](Cc1ccccc1)NC(=O)[C@@H](N)CN.O=C(O)C(F)(F)F.